The van der Waals surface area contributed by atoms with Gasteiger partial charge in [0.05, 0.1) is 6.61 Å². The van der Waals surface area contributed by atoms with Gasteiger partial charge in [-0.25, -0.2) is 0 Å². The fourth-order valence-corrected chi connectivity index (χ4v) is 2.38. The molecule has 0 aliphatic carbocycles. The average Bonchev–Trinajstić information content (AvgIpc) is 2.89. The zero-order chi connectivity index (χ0) is 16.7. The molecule has 2 aliphatic heterocycles. The van der Waals surface area contributed by atoms with Crippen LogP contribution in [0, 0.1) is 29.6 Å². The Bertz CT molecular complexity index is 611. The van der Waals surface area contributed by atoms with Crippen molar-refractivity contribution in [2.75, 3.05) is 6.61 Å². The number of hydrogen-bond donors (Lipinski definition) is 0. The van der Waals surface area contributed by atoms with Gasteiger partial charge >= 0.3 is 5.97 Å². The molecule has 122 valence electrons. The van der Waals surface area contributed by atoms with Crippen LogP contribution < -0.4 is 0 Å². The summed E-state index contributed by atoms with van der Waals surface area (Å²) >= 11 is 0. The minimum atomic E-state index is -0.745. The molecule has 0 N–H and O–H groups in total. The van der Waals surface area contributed by atoms with Crippen molar-refractivity contribution in [3.05, 3.63) is 24.0 Å². The van der Waals surface area contributed by atoms with Crippen LogP contribution >= 0.6 is 0 Å². The highest BCUT2D eigenvalue weighted by Gasteiger charge is 2.40. The zero-order valence-electron chi connectivity index (χ0n) is 13.8. The maximum Gasteiger partial charge on any atom is 0.306 e. The molecular weight excluding hydrogens is 292 g/mol. The van der Waals surface area contributed by atoms with Gasteiger partial charge in [0.2, 0.25) is 5.79 Å². The molecule has 1 saturated heterocycles. The molecule has 0 aromatic heterocycles. The van der Waals surface area contributed by atoms with E-state index < -0.39 is 5.79 Å². The van der Waals surface area contributed by atoms with Crippen LogP contribution in [0.3, 0.4) is 0 Å². The van der Waals surface area contributed by atoms with Crippen LogP contribution in [0.15, 0.2) is 24.0 Å². The Morgan fingerprint density at radius 3 is 3.00 bits per heavy atom. The highest BCUT2D eigenvalue weighted by atomic mass is 16.7. The summed E-state index contributed by atoms with van der Waals surface area (Å²) in [7, 11) is 0. The molecule has 0 saturated carbocycles. The van der Waals surface area contributed by atoms with Crippen LogP contribution in [0.25, 0.3) is 0 Å². The van der Waals surface area contributed by atoms with Crippen LogP contribution in [0.1, 0.15) is 40.0 Å². The Balaban J connectivity index is 1.83. The second-order valence-corrected chi connectivity index (χ2v) is 6.00. The number of hydrogen-bond acceptors (Lipinski definition) is 4. The molecule has 2 rings (SSSR count). The number of esters is 1. The monoisotopic (exact) mass is 314 g/mol. The van der Waals surface area contributed by atoms with Gasteiger partial charge in [-0.3, -0.25) is 4.79 Å². The zero-order valence-corrected chi connectivity index (χ0v) is 13.8. The van der Waals surface area contributed by atoms with Crippen LogP contribution in [0.5, 0.6) is 0 Å². The van der Waals surface area contributed by atoms with Crippen LogP contribution in [0.4, 0.5) is 0 Å². The van der Waals surface area contributed by atoms with Gasteiger partial charge in [0.25, 0.3) is 0 Å². The summed E-state index contributed by atoms with van der Waals surface area (Å²) < 4.78 is 17.1. The van der Waals surface area contributed by atoms with Gasteiger partial charge in [-0.1, -0.05) is 25.7 Å². The first-order valence-corrected chi connectivity index (χ1v) is 7.87. The van der Waals surface area contributed by atoms with E-state index in [0.29, 0.717) is 37.5 Å². The predicted octanol–water partition coefficient (Wildman–Crippen LogP) is 2.95. The van der Waals surface area contributed by atoms with E-state index in [4.69, 9.17) is 14.2 Å². The molecule has 2 atom stereocenters. The number of allylic oxidation sites excluding steroid dienone is 2. The topological polar surface area (TPSA) is 44.8 Å². The van der Waals surface area contributed by atoms with Crippen molar-refractivity contribution in [3.8, 4) is 23.7 Å². The molecule has 2 heterocycles. The summed E-state index contributed by atoms with van der Waals surface area (Å²) in [4.78, 5) is 11.7. The van der Waals surface area contributed by atoms with E-state index in [1.807, 2.05) is 26.0 Å². The minimum Gasteiger partial charge on any atom is -0.460 e. The molecule has 2 aliphatic rings. The second kappa shape index (κ2) is 7.90. The van der Waals surface area contributed by atoms with Gasteiger partial charge in [0.15, 0.2) is 0 Å². The van der Waals surface area contributed by atoms with E-state index in [9.17, 15) is 4.79 Å². The molecule has 4 heteroatoms. The summed E-state index contributed by atoms with van der Waals surface area (Å²) in [6, 6.07) is 0. The molecule has 0 aromatic rings. The summed E-state index contributed by atoms with van der Waals surface area (Å²) in [5.41, 5.74) is 0. The maximum atomic E-state index is 11.7. The first-order valence-electron chi connectivity index (χ1n) is 7.87. The summed E-state index contributed by atoms with van der Waals surface area (Å²) in [6.45, 7) is 6.07. The lowest BCUT2D eigenvalue weighted by Crippen LogP contribution is -2.41. The van der Waals surface area contributed by atoms with Gasteiger partial charge in [-0.2, -0.15) is 0 Å². The lowest BCUT2D eigenvalue weighted by Gasteiger charge is -2.35. The van der Waals surface area contributed by atoms with Gasteiger partial charge in [-0.05, 0) is 43.3 Å². The maximum absolute atomic E-state index is 11.7. The quantitative estimate of drug-likeness (QED) is 0.593. The SMILES string of the molecule is CC#CC#C/C=C1\C=C[C@@]2(CC[C@H](OC(=O)CC(C)C)CO2)O1. The number of carbonyl (C=O) groups is 1. The van der Waals surface area contributed by atoms with E-state index in [2.05, 4.69) is 23.7 Å². The van der Waals surface area contributed by atoms with Crippen molar-refractivity contribution in [2.24, 2.45) is 5.92 Å². The Kier molecular flexibility index (Phi) is 5.90. The highest BCUT2D eigenvalue weighted by Crippen LogP contribution is 2.35. The fourth-order valence-electron chi connectivity index (χ4n) is 2.38. The molecule has 1 spiro atoms. The first-order chi connectivity index (χ1) is 11.0. The Hall–Kier alpha value is -2.17. The number of carbonyl (C=O) groups excluding carboxylic acids is 1. The molecule has 1 fully saturated rings. The van der Waals surface area contributed by atoms with E-state index in [-0.39, 0.29) is 12.1 Å². The molecule has 0 aromatic carbocycles. The van der Waals surface area contributed by atoms with Crippen molar-refractivity contribution in [3.63, 3.8) is 0 Å². The van der Waals surface area contributed by atoms with Gasteiger partial charge < -0.3 is 14.2 Å². The standard InChI is InChI=1S/C19H22O4/c1-4-5-6-7-8-16-9-11-19(23-16)12-10-17(14-21-19)22-18(20)13-15(2)3/h8-9,11,15,17H,10,12-14H2,1-3H3/b16-8+/t17-,19-/m0/s1. The van der Waals surface area contributed by atoms with Crippen LogP contribution in [-0.4, -0.2) is 24.5 Å². The highest BCUT2D eigenvalue weighted by molar-refractivity contribution is 5.69. The Labute approximate surface area is 137 Å². The summed E-state index contributed by atoms with van der Waals surface area (Å²) in [6.07, 6.45) is 7.00. The molecule has 4 nitrogen and oxygen atoms in total. The van der Waals surface area contributed by atoms with E-state index in [1.165, 1.54) is 0 Å². The van der Waals surface area contributed by atoms with Crippen molar-refractivity contribution >= 4 is 5.97 Å². The van der Waals surface area contributed by atoms with E-state index in [0.717, 1.165) is 0 Å². The third kappa shape index (κ3) is 5.20. The third-order valence-electron chi connectivity index (χ3n) is 3.47. The molecule has 0 amide bonds. The van der Waals surface area contributed by atoms with Gasteiger partial charge in [0, 0.05) is 18.9 Å². The summed E-state index contributed by atoms with van der Waals surface area (Å²) in [5, 5.41) is 0. The third-order valence-corrected chi connectivity index (χ3v) is 3.47. The van der Waals surface area contributed by atoms with Crippen LogP contribution in [0.2, 0.25) is 0 Å². The van der Waals surface area contributed by atoms with Crippen LogP contribution in [-0.2, 0) is 19.0 Å². The average molecular weight is 314 g/mol. The molecular formula is C19H22O4. The van der Waals surface area contributed by atoms with Crippen molar-refractivity contribution < 1.29 is 19.0 Å². The van der Waals surface area contributed by atoms with Crippen molar-refractivity contribution in [1.82, 2.24) is 0 Å². The lowest BCUT2D eigenvalue weighted by molar-refractivity contribution is -0.221. The number of rotatable bonds is 3. The second-order valence-electron chi connectivity index (χ2n) is 6.00. The summed E-state index contributed by atoms with van der Waals surface area (Å²) in [5.74, 6) is 10.9. The lowest BCUT2D eigenvalue weighted by atomic mass is 10.0. The van der Waals surface area contributed by atoms with Crippen molar-refractivity contribution in [1.29, 1.82) is 0 Å². The Morgan fingerprint density at radius 1 is 1.52 bits per heavy atom. The fraction of sp³-hybridized carbons (Fsp3) is 0.526. The normalized spacial score (nSPS) is 27.1. The molecule has 0 radical (unpaired) electrons. The van der Waals surface area contributed by atoms with Gasteiger partial charge in [0.1, 0.15) is 11.9 Å². The molecule has 0 unspecified atom stereocenters. The predicted molar refractivity (Wildman–Crippen MR) is 86.8 cm³/mol. The molecule has 23 heavy (non-hydrogen) atoms. The van der Waals surface area contributed by atoms with Crippen molar-refractivity contribution in [2.45, 2.75) is 51.9 Å². The van der Waals surface area contributed by atoms with E-state index >= 15 is 0 Å². The van der Waals surface area contributed by atoms with E-state index in [1.54, 1.807) is 13.0 Å². The Morgan fingerprint density at radius 2 is 2.35 bits per heavy atom. The minimum absolute atomic E-state index is 0.166. The largest absolute Gasteiger partial charge is 0.460 e. The number of ether oxygens (including phenoxy) is 3. The molecule has 0 bridgehead atoms. The van der Waals surface area contributed by atoms with Gasteiger partial charge in [-0.15, -0.1) is 0 Å². The first kappa shape index (κ1) is 17.2. The smallest absolute Gasteiger partial charge is 0.306 e.